The standard InChI is InChI=1S/C21H20N6O2/c1-14-7-8-16(27-22-10-11-23-27)18(13-14)26-12-9-17(26)21-24-20(25-29-21)15-5-3-4-6-19(15)28-2/h3-8,10-11,13,17H,9,12H2,1-2H3/t17-/m0/s1. The van der Waals surface area contributed by atoms with E-state index in [1.165, 1.54) is 5.56 Å². The molecule has 146 valence electrons. The lowest BCUT2D eigenvalue weighted by Crippen LogP contribution is -2.41. The van der Waals surface area contributed by atoms with E-state index in [0.29, 0.717) is 11.7 Å². The predicted octanol–water partition coefficient (Wildman–Crippen LogP) is 3.59. The van der Waals surface area contributed by atoms with Gasteiger partial charge in [0.2, 0.25) is 11.7 Å². The summed E-state index contributed by atoms with van der Waals surface area (Å²) in [5, 5.41) is 12.8. The Morgan fingerprint density at radius 3 is 2.66 bits per heavy atom. The Hall–Kier alpha value is -3.68. The zero-order chi connectivity index (χ0) is 19.8. The SMILES string of the molecule is COc1ccccc1-c1noc([C@@H]2CCN2c2cc(C)ccc2-n2nccn2)n1. The zero-order valence-corrected chi connectivity index (χ0v) is 16.2. The van der Waals surface area contributed by atoms with Crippen molar-refractivity contribution in [1.29, 1.82) is 0 Å². The molecule has 8 nitrogen and oxygen atoms in total. The number of anilines is 1. The topological polar surface area (TPSA) is 82.1 Å². The lowest BCUT2D eigenvalue weighted by atomic mass is 10.00. The maximum atomic E-state index is 5.64. The molecule has 4 aromatic rings. The first-order valence-electron chi connectivity index (χ1n) is 9.45. The molecule has 0 amide bonds. The molecule has 1 aliphatic heterocycles. The van der Waals surface area contributed by atoms with Crippen molar-refractivity contribution in [1.82, 2.24) is 25.1 Å². The second-order valence-electron chi connectivity index (χ2n) is 6.97. The molecule has 0 bridgehead atoms. The summed E-state index contributed by atoms with van der Waals surface area (Å²) in [5.74, 6) is 1.84. The first-order valence-corrected chi connectivity index (χ1v) is 9.45. The Balaban J connectivity index is 1.48. The summed E-state index contributed by atoms with van der Waals surface area (Å²) in [6.45, 7) is 2.97. The molecule has 5 rings (SSSR count). The van der Waals surface area contributed by atoms with Gasteiger partial charge in [0.1, 0.15) is 17.5 Å². The van der Waals surface area contributed by atoms with Crippen LogP contribution in [0.15, 0.2) is 59.4 Å². The van der Waals surface area contributed by atoms with E-state index in [2.05, 4.69) is 44.3 Å². The van der Waals surface area contributed by atoms with Crippen LogP contribution in [0.5, 0.6) is 5.75 Å². The zero-order valence-electron chi connectivity index (χ0n) is 16.2. The van der Waals surface area contributed by atoms with Crippen LogP contribution in [-0.4, -0.2) is 38.8 Å². The lowest BCUT2D eigenvalue weighted by Gasteiger charge is -2.41. The second kappa shape index (κ2) is 7.05. The van der Waals surface area contributed by atoms with Gasteiger partial charge >= 0.3 is 0 Å². The number of ether oxygens (including phenoxy) is 1. The quantitative estimate of drug-likeness (QED) is 0.517. The highest BCUT2D eigenvalue weighted by Crippen LogP contribution is 2.40. The Kier molecular flexibility index (Phi) is 4.23. The Bertz CT molecular complexity index is 1140. The van der Waals surface area contributed by atoms with Crippen LogP contribution >= 0.6 is 0 Å². The van der Waals surface area contributed by atoms with E-state index < -0.39 is 0 Å². The Morgan fingerprint density at radius 1 is 1.07 bits per heavy atom. The van der Waals surface area contributed by atoms with Crippen LogP contribution in [0, 0.1) is 6.92 Å². The van der Waals surface area contributed by atoms with Gasteiger partial charge in [0, 0.05) is 6.54 Å². The Morgan fingerprint density at radius 2 is 1.90 bits per heavy atom. The first-order chi connectivity index (χ1) is 14.2. The molecule has 0 saturated carbocycles. The van der Waals surface area contributed by atoms with Crippen molar-refractivity contribution >= 4 is 5.69 Å². The van der Waals surface area contributed by atoms with Gasteiger partial charge in [0.25, 0.3) is 0 Å². The number of nitrogens with zero attached hydrogens (tertiary/aromatic N) is 6. The molecule has 29 heavy (non-hydrogen) atoms. The molecule has 1 fully saturated rings. The van der Waals surface area contributed by atoms with Gasteiger partial charge < -0.3 is 14.2 Å². The highest BCUT2D eigenvalue weighted by Gasteiger charge is 2.36. The van der Waals surface area contributed by atoms with E-state index in [4.69, 9.17) is 9.26 Å². The minimum Gasteiger partial charge on any atom is -0.496 e. The van der Waals surface area contributed by atoms with Crippen LogP contribution in [0.1, 0.15) is 23.9 Å². The molecule has 3 heterocycles. The first kappa shape index (κ1) is 17.4. The fourth-order valence-corrected chi connectivity index (χ4v) is 3.61. The van der Waals surface area contributed by atoms with E-state index in [-0.39, 0.29) is 6.04 Å². The summed E-state index contributed by atoms with van der Waals surface area (Å²) in [6, 6.07) is 13.9. The fourth-order valence-electron chi connectivity index (χ4n) is 3.61. The minimum atomic E-state index is 0.0158. The number of aromatic nitrogens is 5. The number of benzene rings is 2. The lowest BCUT2D eigenvalue weighted by molar-refractivity contribution is 0.309. The second-order valence-corrected chi connectivity index (χ2v) is 6.97. The molecule has 8 heteroatoms. The predicted molar refractivity (Wildman–Crippen MR) is 107 cm³/mol. The highest BCUT2D eigenvalue weighted by atomic mass is 16.5. The van der Waals surface area contributed by atoms with Crippen molar-refractivity contribution < 1.29 is 9.26 Å². The van der Waals surface area contributed by atoms with E-state index in [9.17, 15) is 0 Å². The third-order valence-corrected chi connectivity index (χ3v) is 5.17. The van der Waals surface area contributed by atoms with E-state index in [1.54, 1.807) is 24.3 Å². The third kappa shape index (κ3) is 3.02. The smallest absolute Gasteiger partial charge is 0.249 e. The van der Waals surface area contributed by atoms with Crippen LogP contribution in [-0.2, 0) is 0 Å². The summed E-state index contributed by atoms with van der Waals surface area (Å²) < 4.78 is 11.1. The molecule has 2 aromatic heterocycles. The average molecular weight is 388 g/mol. The van der Waals surface area contributed by atoms with Crippen LogP contribution in [0.3, 0.4) is 0 Å². The molecule has 0 N–H and O–H groups in total. The van der Waals surface area contributed by atoms with Crippen molar-refractivity contribution in [3.8, 4) is 22.8 Å². The fraction of sp³-hybridized carbons (Fsp3) is 0.238. The monoisotopic (exact) mass is 388 g/mol. The number of hydrogen-bond donors (Lipinski definition) is 0. The van der Waals surface area contributed by atoms with Gasteiger partial charge in [-0.15, -0.1) is 4.80 Å². The summed E-state index contributed by atoms with van der Waals surface area (Å²) in [7, 11) is 1.63. The van der Waals surface area contributed by atoms with E-state index >= 15 is 0 Å². The molecular formula is C21H20N6O2. The maximum absolute atomic E-state index is 5.64. The number of aryl methyl sites for hydroxylation is 1. The van der Waals surface area contributed by atoms with Crippen molar-refractivity contribution in [3.05, 3.63) is 66.3 Å². The van der Waals surface area contributed by atoms with Crippen LogP contribution in [0.2, 0.25) is 0 Å². The minimum absolute atomic E-state index is 0.0158. The molecule has 1 aliphatic rings. The molecule has 1 saturated heterocycles. The van der Waals surface area contributed by atoms with E-state index in [0.717, 1.165) is 35.7 Å². The molecule has 1 atom stereocenters. The van der Waals surface area contributed by atoms with Crippen molar-refractivity contribution in [2.75, 3.05) is 18.6 Å². The summed E-state index contributed by atoms with van der Waals surface area (Å²) >= 11 is 0. The van der Waals surface area contributed by atoms with E-state index in [1.807, 2.05) is 30.3 Å². The average Bonchev–Trinajstić information content (AvgIpc) is 3.40. The molecule has 0 aliphatic carbocycles. The van der Waals surface area contributed by atoms with Gasteiger partial charge in [-0.3, -0.25) is 0 Å². The van der Waals surface area contributed by atoms with Crippen LogP contribution in [0.25, 0.3) is 17.1 Å². The normalized spacial score (nSPS) is 15.9. The van der Waals surface area contributed by atoms with Gasteiger partial charge in [-0.05, 0) is 43.2 Å². The number of hydrogen-bond acceptors (Lipinski definition) is 7. The molecular weight excluding hydrogens is 368 g/mol. The molecule has 0 spiro atoms. The van der Waals surface area contributed by atoms with Crippen LogP contribution in [0.4, 0.5) is 5.69 Å². The third-order valence-electron chi connectivity index (χ3n) is 5.17. The summed E-state index contributed by atoms with van der Waals surface area (Å²) in [6.07, 6.45) is 4.29. The van der Waals surface area contributed by atoms with Crippen molar-refractivity contribution in [2.24, 2.45) is 0 Å². The van der Waals surface area contributed by atoms with Crippen LogP contribution < -0.4 is 9.64 Å². The van der Waals surface area contributed by atoms with Gasteiger partial charge in [-0.2, -0.15) is 15.2 Å². The largest absolute Gasteiger partial charge is 0.496 e. The summed E-state index contributed by atoms with van der Waals surface area (Å²) in [4.78, 5) is 8.56. The maximum Gasteiger partial charge on any atom is 0.249 e. The Labute approximate surface area is 167 Å². The highest BCUT2D eigenvalue weighted by molar-refractivity contribution is 5.66. The molecule has 2 aromatic carbocycles. The number of para-hydroxylation sites is 1. The van der Waals surface area contributed by atoms with Crippen molar-refractivity contribution in [3.63, 3.8) is 0 Å². The van der Waals surface area contributed by atoms with Gasteiger partial charge in [-0.1, -0.05) is 23.4 Å². The summed E-state index contributed by atoms with van der Waals surface area (Å²) in [5.41, 5.74) is 3.96. The van der Waals surface area contributed by atoms with Gasteiger partial charge in [0.05, 0.1) is 30.8 Å². The number of methoxy groups -OCH3 is 1. The molecule has 0 unspecified atom stereocenters. The van der Waals surface area contributed by atoms with Gasteiger partial charge in [0.15, 0.2) is 0 Å². The van der Waals surface area contributed by atoms with Gasteiger partial charge in [-0.25, -0.2) is 0 Å². The molecule has 0 radical (unpaired) electrons. The number of rotatable bonds is 5. The van der Waals surface area contributed by atoms with Crippen molar-refractivity contribution in [2.45, 2.75) is 19.4 Å².